The monoisotopic (exact) mass is 348 g/mol. The van der Waals surface area contributed by atoms with E-state index in [2.05, 4.69) is 32.0 Å². The summed E-state index contributed by atoms with van der Waals surface area (Å²) < 4.78 is 3.81. The molecule has 1 aliphatic rings. The lowest BCUT2D eigenvalue weighted by Crippen LogP contribution is -2.25. The highest BCUT2D eigenvalue weighted by atomic mass is 15.3. The number of hydrogen-bond acceptors (Lipinski definition) is 6. The topological polar surface area (TPSA) is 85.8 Å². The van der Waals surface area contributed by atoms with Crippen LogP contribution < -0.4 is 5.32 Å². The third-order valence-corrected chi connectivity index (χ3v) is 5.20. The number of aryl methyl sites for hydroxylation is 2. The van der Waals surface area contributed by atoms with Crippen molar-refractivity contribution in [2.45, 2.75) is 39.7 Å². The van der Waals surface area contributed by atoms with Crippen molar-refractivity contribution >= 4 is 28.3 Å². The summed E-state index contributed by atoms with van der Waals surface area (Å²) in [5.41, 5.74) is 4.66. The number of aromatic nitrogens is 7. The second kappa shape index (κ2) is 5.48. The van der Waals surface area contributed by atoms with E-state index in [1.807, 2.05) is 32.3 Å². The highest BCUT2D eigenvalue weighted by molar-refractivity contribution is 5.79. The lowest BCUT2D eigenvalue weighted by molar-refractivity contribution is 0.204. The molecular formula is C18H20N8. The third-order valence-electron chi connectivity index (χ3n) is 5.20. The number of nitrogens with one attached hydrogen (secondary N) is 1. The summed E-state index contributed by atoms with van der Waals surface area (Å²) in [5, 5.41) is 13.2. The second-order valence-corrected chi connectivity index (χ2v) is 7.25. The molecule has 0 amide bonds. The lowest BCUT2D eigenvalue weighted by atomic mass is 9.82. The summed E-state index contributed by atoms with van der Waals surface area (Å²) >= 11 is 0. The van der Waals surface area contributed by atoms with Gasteiger partial charge >= 0.3 is 0 Å². The van der Waals surface area contributed by atoms with E-state index in [0.29, 0.717) is 12.0 Å². The van der Waals surface area contributed by atoms with Gasteiger partial charge in [0.15, 0.2) is 11.3 Å². The Hall–Kier alpha value is -3.03. The SMILES string of the molecule is Cc1cc2ncnn2cc1Nc1ncc2c(C)nn(C3CC(C)C3)c2n1. The molecule has 26 heavy (non-hydrogen) atoms. The molecule has 4 heterocycles. The van der Waals surface area contributed by atoms with Gasteiger partial charge in [-0.2, -0.15) is 15.2 Å². The summed E-state index contributed by atoms with van der Waals surface area (Å²) in [6, 6.07) is 2.43. The molecule has 5 rings (SSSR count). The maximum atomic E-state index is 4.76. The maximum absolute atomic E-state index is 4.76. The molecule has 1 fully saturated rings. The van der Waals surface area contributed by atoms with Gasteiger partial charge in [0.25, 0.3) is 0 Å². The summed E-state index contributed by atoms with van der Waals surface area (Å²) in [4.78, 5) is 13.4. The summed E-state index contributed by atoms with van der Waals surface area (Å²) in [7, 11) is 0. The quantitative estimate of drug-likeness (QED) is 0.612. The Morgan fingerprint density at radius 1 is 1.19 bits per heavy atom. The van der Waals surface area contributed by atoms with E-state index < -0.39 is 0 Å². The Balaban J connectivity index is 1.54. The molecule has 0 atom stereocenters. The van der Waals surface area contributed by atoms with Gasteiger partial charge in [0.2, 0.25) is 5.95 Å². The first-order chi connectivity index (χ1) is 12.6. The Bertz CT molecular complexity index is 1120. The van der Waals surface area contributed by atoms with Gasteiger partial charge in [-0.3, -0.25) is 0 Å². The number of nitrogens with zero attached hydrogens (tertiary/aromatic N) is 7. The molecule has 1 N–H and O–H groups in total. The van der Waals surface area contributed by atoms with Gasteiger partial charge in [-0.05, 0) is 44.2 Å². The fourth-order valence-electron chi connectivity index (χ4n) is 3.65. The zero-order valence-electron chi connectivity index (χ0n) is 15.0. The Labute approximate surface area is 150 Å². The van der Waals surface area contributed by atoms with Crippen molar-refractivity contribution in [1.29, 1.82) is 0 Å². The van der Waals surface area contributed by atoms with Crippen LogP contribution in [-0.4, -0.2) is 34.3 Å². The van der Waals surface area contributed by atoms with E-state index in [0.717, 1.165) is 52.4 Å². The number of pyridine rings is 1. The molecule has 0 bridgehead atoms. The van der Waals surface area contributed by atoms with Crippen molar-refractivity contribution in [3.63, 3.8) is 0 Å². The van der Waals surface area contributed by atoms with E-state index in [4.69, 9.17) is 10.1 Å². The molecule has 8 nitrogen and oxygen atoms in total. The fourth-order valence-corrected chi connectivity index (χ4v) is 3.65. The molecule has 1 aliphatic carbocycles. The van der Waals surface area contributed by atoms with E-state index in [9.17, 15) is 0 Å². The Morgan fingerprint density at radius 2 is 2.04 bits per heavy atom. The van der Waals surface area contributed by atoms with Gasteiger partial charge in [0, 0.05) is 6.20 Å². The van der Waals surface area contributed by atoms with E-state index in [-0.39, 0.29) is 0 Å². The van der Waals surface area contributed by atoms with Crippen LogP contribution in [0.3, 0.4) is 0 Å². The lowest BCUT2D eigenvalue weighted by Gasteiger charge is -2.32. The molecule has 0 unspecified atom stereocenters. The van der Waals surface area contributed by atoms with Gasteiger partial charge in [-0.25, -0.2) is 19.2 Å². The first kappa shape index (κ1) is 15.2. The van der Waals surface area contributed by atoms with E-state index in [1.54, 1.807) is 10.8 Å². The predicted octanol–water partition coefficient (Wildman–Crippen LogP) is 3.20. The minimum absolute atomic E-state index is 0.442. The van der Waals surface area contributed by atoms with Crippen LogP contribution in [0.4, 0.5) is 11.6 Å². The van der Waals surface area contributed by atoms with Gasteiger partial charge in [-0.15, -0.1) is 0 Å². The summed E-state index contributed by atoms with van der Waals surface area (Å²) in [5.74, 6) is 1.32. The van der Waals surface area contributed by atoms with Gasteiger partial charge in [0.1, 0.15) is 6.33 Å². The van der Waals surface area contributed by atoms with Crippen molar-refractivity contribution < 1.29 is 0 Å². The number of rotatable bonds is 3. The summed E-state index contributed by atoms with van der Waals surface area (Å²) in [6.07, 6.45) is 7.62. The number of hydrogen-bond donors (Lipinski definition) is 1. The van der Waals surface area contributed by atoms with E-state index in [1.165, 1.54) is 0 Å². The molecule has 0 spiro atoms. The molecule has 0 aliphatic heterocycles. The van der Waals surface area contributed by atoms with Crippen LogP contribution in [-0.2, 0) is 0 Å². The highest BCUT2D eigenvalue weighted by Crippen LogP contribution is 2.38. The van der Waals surface area contributed by atoms with Crippen molar-refractivity contribution in [2.75, 3.05) is 5.32 Å². The first-order valence-electron chi connectivity index (χ1n) is 8.87. The predicted molar refractivity (Wildman–Crippen MR) is 98.5 cm³/mol. The summed E-state index contributed by atoms with van der Waals surface area (Å²) in [6.45, 7) is 6.32. The van der Waals surface area contributed by atoms with Crippen LogP contribution in [0.25, 0.3) is 16.7 Å². The molecule has 0 aromatic carbocycles. The second-order valence-electron chi connectivity index (χ2n) is 7.25. The number of fused-ring (bicyclic) bond motifs is 2. The van der Waals surface area contributed by atoms with Crippen molar-refractivity contribution in [1.82, 2.24) is 34.3 Å². The molecular weight excluding hydrogens is 328 g/mol. The minimum atomic E-state index is 0.442. The zero-order valence-corrected chi connectivity index (χ0v) is 15.0. The normalized spacial score (nSPS) is 19.8. The standard InChI is InChI=1S/C18H20N8/c1-10-4-13(5-10)26-17-14(12(3)24-26)7-19-18(23-17)22-15-8-25-16(6-11(15)2)20-9-21-25/h6-10,13H,4-5H2,1-3H3,(H,19,22,23). The average molecular weight is 348 g/mol. The fraction of sp³-hybridized carbons (Fsp3) is 0.389. The maximum Gasteiger partial charge on any atom is 0.229 e. The molecule has 4 aromatic rings. The first-order valence-corrected chi connectivity index (χ1v) is 8.87. The molecule has 0 saturated heterocycles. The van der Waals surface area contributed by atoms with Crippen molar-refractivity contribution in [3.8, 4) is 0 Å². The Kier molecular flexibility index (Phi) is 3.22. The van der Waals surface area contributed by atoms with E-state index >= 15 is 0 Å². The molecule has 4 aromatic heterocycles. The van der Waals surface area contributed by atoms with Crippen molar-refractivity contribution in [2.24, 2.45) is 5.92 Å². The molecule has 8 heteroatoms. The van der Waals surface area contributed by atoms with Crippen molar-refractivity contribution in [3.05, 3.63) is 36.0 Å². The third kappa shape index (κ3) is 2.33. The molecule has 0 radical (unpaired) electrons. The van der Waals surface area contributed by atoms with Gasteiger partial charge < -0.3 is 5.32 Å². The average Bonchev–Trinajstić information content (AvgIpc) is 3.16. The van der Waals surface area contributed by atoms with Gasteiger partial charge in [-0.1, -0.05) is 6.92 Å². The van der Waals surface area contributed by atoms with Crippen LogP contribution in [0.2, 0.25) is 0 Å². The Morgan fingerprint density at radius 3 is 2.85 bits per heavy atom. The molecule has 132 valence electrons. The number of anilines is 2. The van der Waals surface area contributed by atoms with Crippen LogP contribution in [0.1, 0.15) is 37.1 Å². The largest absolute Gasteiger partial charge is 0.323 e. The van der Waals surface area contributed by atoms with Crippen LogP contribution in [0.5, 0.6) is 0 Å². The highest BCUT2D eigenvalue weighted by Gasteiger charge is 2.29. The minimum Gasteiger partial charge on any atom is -0.323 e. The van der Waals surface area contributed by atoms with Gasteiger partial charge in [0.05, 0.1) is 29.0 Å². The smallest absolute Gasteiger partial charge is 0.229 e. The zero-order chi connectivity index (χ0) is 17.8. The van der Waals surface area contributed by atoms with Crippen LogP contribution >= 0.6 is 0 Å². The van der Waals surface area contributed by atoms with Crippen LogP contribution in [0.15, 0.2) is 24.8 Å². The molecule has 1 saturated carbocycles. The van der Waals surface area contributed by atoms with Crippen LogP contribution in [0, 0.1) is 19.8 Å².